The summed E-state index contributed by atoms with van der Waals surface area (Å²) in [5.41, 5.74) is 25.6. The molecule has 16 rings (SSSR count). The quantitative estimate of drug-likeness (QED) is 0.0471. The van der Waals surface area contributed by atoms with Crippen molar-refractivity contribution >= 4 is 64.0 Å². The average Bonchev–Trinajstić information content (AvgIpc) is 0.876. The van der Waals surface area contributed by atoms with Gasteiger partial charge in [0.15, 0.2) is 11.0 Å². The Morgan fingerprint density at radius 1 is 0.392 bits per heavy atom. The van der Waals surface area contributed by atoms with Crippen molar-refractivity contribution in [3.05, 3.63) is 362 Å². The Kier molecular flexibility index (Phi) is 18.5. The molecule has 0 fully saturated rings. The van der Waals surface area contributed by atoms with E-state index in [4.69, 9.17) is 0 Å². The van der Waals surface area contributed by atoms with Gasteiger partial charge < -0.3 is 4.90 Å². The predicted octanol–water partition coefficient (Wildman–Crippen LogP) is 24.2. The number of hydrogen-bond acceptors (Lipinski definition) is 4. The number of hydrogen-bond donors (Lipinski definition) is 0. The Balaban J connectivity index is 0.000000158. The van der Waals surface area contributed by atoms with Crippen LogP contribution in [0.2, 0.25) is 0 Å². The molecule has 0 amide bonds. The zero-order valence-electron chi connectivity index (χ0n) is 55.0. The molecule has 8 nitrogen and oxygen atoms in total. The van der Waals surface area contributed by atoms with Gasteiger partial charge in [0.1, 0.15) is 5.69 Å². The minimum atomic E-state index is -10.7. The second-order valence-corrected chi connectivity index (χ2v) is 27.0. The van der Waals surface area contributed by atoms with Crippen molar-refractivity contribution < 1.29 is 49.1 Å². The minimum absolute atomic E-state index is 0.873. The molecule has 0 bridgehead atoms. The number of imidazole rings is 2. The summed E-state index contributed by atoms with van der Waals surface area (Å²) in [6.07, 6.45) is 5.83. The van der Waals surface area contributed by atoms with E-state index >= 15 is 0 Å². The Bertz CT molecular complexity index is 5580. The molecular weight excluding hydrogens is 1490 g/mol. The first kappa shape index (κ1) is 67.4. The number of aromatic nitrogens is 6. The Hall–Kier alpha value is -11.8. The number of benzene rings is 12. The molecule has 16 heteroatoms. The molecule has 506 valence electrons. The Labute approximate surface area is 597 Å². The van der Waals surface area contributed by atoms with Crippen LogP contribution in [0, 0.1) is 15.9 Å². The molecule has 0 radical (unpaired) electrons. The molecule has 12 aromatic carbocycles. The van der Waals surface area contributed by atoms with Gasteiger partial charge in [0.05, 0.1) is 24.1 Å². The fourth-order valence-electron chi connectivity index (χ4n) is 12.8. The van der Waals surface area contributed by atoms with Crippen LogP contribution >= 0.6 is 7.81 Å². The fraction of sp³-hybridized carbons (Fsp3) is 0.0233. The number of para-hydroxylation sites is 6. The van der Waals surface area contributed by atoms with Crippen LogP contribution in [0.4, 0.5) is 59.3 Å². The molecular formula is C86H63F6N8PPt-2. The van der Waals surface area contributed by atoms with Gasteiger partial charge in [-0.25, -0.2) is 4.57 Å². The molecule has 4 heterocycles. The van der Waals surface area contributed by atoms with Crippen molar-refractivity contribution in [2.24, 2.45) is 14.1 Å². The summed E-state index contributed by atoms with van der Waals surface area (Å²) in [5, 5.41) is 0. The van der Waals surface area contributed by atoms with Gasteiger partial charge in [0.25, 0.3) is 0 Å². The average molecular weight is 1550 g/mol. The normalized spacial score (nSPS) is 11.9. The van der Waals surface area contributed by atoms with Crippen LogP contribution in [0.25, 0.3) is 100 Å². The van der Waals surface area contributed by atoms with Gasteiger partial charge >= 0.3 is 319 Å². The summed E-state index contributed by atoms with van der Waals surface area (Å²) >= 11 is 2.41. The summed E-state index contributed by atoms with van der Waals surface area (Å²) < 4.78 is 69.2. The third kappa shape index (κ3) is 15.2. The molecule has 0 spiro atoms. The van der Waals surface area contributed by atoms with Gasteiger partial charge in [-0.2, -0.15) is 4.57 Å². The number of nitrogens with zero attached hydrogens (tertiary/aromatic N) is 8. The van der Waals surface area contributed by atoms with Crippen molar-refractivity contribution in [2.75, 3.05) is 9.80 Å². The van der Waals surface area contributed by atoms with Crippen molar-refractivity contribution in [2.45, 2.75) is 0 Å². The molecule has 16 aromatic rings. The van der Waals surface area contributed by atoms with Crippen molar-refractivity contribution in [3.63, 3.8) is 0 Å². The molecule has 102 heavy (non-hydrogen) atoms. The number of anilines is 6. The van der Waals surface area contributed by atoms with Crippen LogP contribution in [0.15, 0.2) is 346 Å². The summed E-state index contributed by atoms with van der Waals surface area (Å²) in [5.74, 6) is 0. The molecule has 0 saturated heterocycles. The second-order valence-electron chi connectivity index (χ2n) is 24.1. The van der Waals surface area contributed by atoms with Crippen LogP contribution in [-0.4, -0.2) is 23.7 Å². The SMILES string of the molecule is C[n+]1cn(-c2cccc(N(c3cccc(-c4ccccn4)c3)c3c(-c4ccccc4)cccc3-c3ccccc3)c2)c2ccccc21.Cn1[c](=[Pt])n(-c2[c-]c(N(c3[c-]c(-c4ccccn4)ccc3)c3c(-c4ccccc4)cccc3-c3ccccc3)ccc2)c2ccccc21.F[P-](F)(F)(F)(F)F. The number of pyridine rings is 2. The number of rotatable bonds is 14. The predicted molar refractivity (Wildman–Crippen MR) is 399 cm³/mol. The van der Waals surface area contributed by atoms with Crippen LogP contribution in [-0.2, 0) is 33.4 Å². The number of fused-ring (bicyclic) bond motifs is 2. The van der Waals surface area contributed by atoms with E-state index in [0.717, 1.165) is 133 Å². The molecule has 0 aliphatic heterocycles. The first-order valence-electron chi connectivity index (χ1n) is 32.7. The number of aryl methyl sites for hydroxylation is 2. The van der Waals surface area contributed by atoms with Gasteiger partial charge in [-0.3, -0.25) is 4.98 Å². The topological polar surface area (TPSA) is 50.9 Å². The zero-order valence-corrected chi connectivity index (χ0v) is 58.2. The van der Waals surface area contributed by atoms with Gasteiger partial charge in [-0.1, -0.05) is 115 Å². The van der Waals surface area contributed by atoms with Crippen molar-refractivity contribution in [1.82, 2.24) is 23.7 Å². The number of halogens is 6. The summed E-state index contributed by atoms with van der Waals surface area (Å²) in [6, 6.07) is 123. The summed E-state index contributed by atoms with van der Waals surface area (Å²) in [7, 11) is -6.45. The first-order chi connectivity index (χ1) is 49.4. The summed E-state index contributed by atoms with van der Waals surface area (Å²) in [4.78, 5) is 14.1. The Morgan fingerprint density at radius 3 is 1.35 bits per heavy atom. The van der Waals surface area contributed by atoms with Gasteiger partial charge in [0.2, 0.25) is 6.33 Å². The second kappa shape index (κ2) is 28.1. The molecule has 0 saturated carbocycles. The van der Waals surface area contributed by atoms with Crippen LogP contribution < -0.4 is 14.4 Å². The van der Waals surface area contributed by atoms with Crippen LogP contribution in [0.1, 0.15) is 0 Å². The van der Waals surface area contributed by atoms with E-state index in [0.29, 0.717) is 0 Å². The van der Waals surface area contributed by atoms with Crippen LogP contribution in [0.3, 0.4) is 0 Å². The van der Waals surface area contributed by atoms with E-state index in [2.05, 4.69) is 387 Å². The molecule has 0 aliphatic rings. The molecule has 4 aromatic heterocycles. The third-order valence-corrected chi connectivity index (χ3v) is 18.5. The van der Waals surface area contributed by atoms with E-state index in [1.54, 1.807) is 0 Å². The molecule has 0 unspecified atom stereocenters. The maximum atomic E-state index is 9.87. The standard InChI is InChI=1S/C43H33N4.C43H30N4.F6P.Pt/c2*1-45-31-46(42-27-9-8-26-41(42)45)35-20-13-22-37(30-35)47(36-21-12-19-34(29-36)40-25-10-11-28-44-40)43-38(32-15-4-2-5-16-32)23-14-24-39(43)33-17-6-3-7-18-33;1-7(2,3,4,5)6;/h2-31H,1H3;2-28H,1H3;;/q+1;-2;-1;. The van der Waals surface area contributed by atoms with E-state index in [9.17, 15) is 25.2 Å². The van der Waals surface area contributed by atoms with Crippen molar-refractivity contribution in [1.29, 1.82) is 0 Å². The van der Waals surface area contributed by atoms with Crippen LogP contribution in [0.5, 0.6) is 0 Å². The van der Waals surface area contributed by atoms with E-state index in [-0.39, 0.29) is 0 Å². The fourth-order valence-corrected chi connectivity index (χ4v) is 13.6. The third-order valence-electron chi connectivity index (χ3n) is 17.2. The van der Waals surface area contributed by atoms with E-state index in [1.165, 1.54) is 5.52 Å². The first-order valence-corrected chi connectivity index (χ1v) is 35.8. The maximum absolute atomic E-state index is 10.7. The molecule has 0 aliphatic carbocycles. The van der Waals surface area contributed by atoms with Gasteiger partial charge in [0, 0.05) is 34.6 Å². The molecule has 0 atom stereocenters. The van der Waals surface area contributed by atoms with Gasteiger partial charge in [-0.05, 0) is 65.7 Å². The summed E-state index contributed by atoms with van der Waals surface area (Å²) in [6.45, 7) is 0. The van der Waals surface area contributed by atoms with Gasteiger partial charge in [-0.15, -0.1) is 0 Å². The van der Waals surface area contributed by atoms with E-state index < -0.39 is 7.81 Å². The van der Waals surface area contributed by atoms with Crippen molar-refractivity contribution in [3.8, 4) is 78.4 Å². The molecule has 0 N–H and O–H groups in total. The monoisotopic (exact) mass is 1550 g/mol. The van der Waals surface area contributed by atoms with E-state index in [1.807, 2.05) is 42.7 Å². The zero-order chi connectivity index (χ0) is 70.4. The Morgan fingerprint density at radius 2 is 0.814 bits per heavy atom.